The van der Waals surface area contributed by atoms with Gasteiger partial charge < -0.3 is 74.4 Å². The van der Waals surface area contributed by atoms with Gasteiger partial charge in [0.2, 0.25) is 29.8 Å². The number of carbonyl (C=O) groups is 5. The number of hydrogen-bond acceptors (Lipinski definition) is 12. The number of halogens is 15. The van der Waals surface area contributed by atoms with Crippen molar-refractivity contribution in [3.05, 3.63) is 448 Å². The Hall–Kier alpha value is -13.5. The van der Waals surface area contributed by atoms with Crippen LogP contribution in [0.25, 0.3) is 56.3 Å². The molecule has 0 saturated heterocycles. The van der Waals surface area contributed by atoms with E-state index >= 15 is 0 Å². The smallest absolute Gasteiger partial charge is 0.405 e. The summed E-state index contributed by atoms with van der Waals surface area (Å²) >= 11 is 0. The number of hydrogen-bond donors (Lipinski definition) is 5. The summed E-state index contributed by atoms with van der Waals surface area (Å²) < 4.78 is 196. The number of aryl methyl sites for hydroxylation is 2. The molecule has 5 N–H and O–H groups in total. The third-order valence-electron chi connectivity index (χ3n) is 15.3. The number of carboxylic acid groups (broad SMARTS) is 5. The van der Waals surface area contributed by atoms with Gasteiger partial charge in [0.05, 0.1) is 70.3 Å². The Morgan fingerprint density at radius 2 is 0.523 bits per heavy atom. The molecule has 5 heterocycles. The third kappa shape index (κ3) is 36.8. The number of alkyl halides is 3. The molecule has 0 bridgehead atoms. The number of carboxylic acids is 5. The molecule has 5 aromatic heterocycles. The summed E-state index contributed by atoms with van der Waals surface area (Å²) in [5.74, 6) is -19.8. The number of aromatic nitrogens is 5. The van der Waals surface area contributed by atoms with Gasteiger partial charge in [-0.3, -0.25) is 43.9 Å². The van der Waals surface area contributed by atoms with E-state index in [-0.39, 0.29) is 168 Å². The molecular formula is C95H54F15Ir5N7O10-10. The van der Waals surface area contributed by atoms with Gasteiger partial charge in [-0.15, -0.1) is 212 Å². The van der Waals surface area contributed by atoms with Gasteiger partial charge >= 0.3 is 6.18 Å². The summed E-state index contributed by atoms with van der Waals surface area (Å²) in [5.41, 5.74) is -0.160. The number of benzene rings is 10. The van der Waals surface area contributed by atoms with Crippen LogP contribution in [-0.4, -0.2) is 80.3 Å². The number of nitrogens with zero attached hydrogens (tertiary/aromatic N) is 7. The van der Waals surface area contributed by atoms with Gasteiger partial charge in [-0.25, -0.2) is 8.78 Å². The molecule has 0 unspecified atom stereocenters. The molecule has 5 radical (unpaired) electrons. The molecule has 0 aliphatic heterocycles. The normalized spacial score (nSPS) is 9.54. The van der Waals surface area contributed by atoms with E-state index in [2.05, 4.69) is 85.6 Å². The van der Waals surface area contributed by atoms with Crippen molar-refractivity contribution in [2.45, 2.75) is 20.0 Å². The van der Waals surface area contributed by atoms with E-state index in [4.69, 9.17) is 36.1 Å². The summed E-state index contributed by atoms with van der Waals surface area (Å²) in [6.07, 6.45) is 2.10. The molecule has 37 heteroatoms. The summed E-state index contributed by atoms with van der Waals surface area (Å²) in [5, 5.41) is 59.0. The van der Waals surface area contributed by atoms with Crippen LogP contribution >= 0.6 is 0 Å². The van der Waals surface area contributed by atoms with Crippen LogP contribution in [0.2, 0.25) is 0 Å². The van der Waals surface area contributed by atoms with Gasteiger partial charge in [-0.05, 0) is 72.6 Å². The van der Waals surface area contributed by atoms with Crippen LogP contribution in [0.5, 0.6) is 0 Å². The van der Waals surface area contributed by atoms with Gasteiger partial charge in [0.25, 0.3) is 0 Å². The van der Waals surface area contributed by atoms with Crippen molar-refractivity contribution >= 4 is 29.8 Å². The van der Waals surface area contributed by atoms with E-state index in [1.165, 1.54) is 97.7 Å². The first-order chi connectivity index (χ1) is 60.6. The molecular weight excluding hydrogens is 2650 g/mol. The van der Waals surface area contributed by atoms with Crippen molar-refractivity contribution in [1.29, 1.82) is 10.5 Å². The van der Waals surface area contributed by atoms with Crippen LogP contribution in [0, 0.1) is 167 Å². The number of pyridine rings is 5. The predicted molar refractivity (Wildman–Crippen MR) is 427 cm³/mol. The first-order valence-corrected chi connectivity index (χ1v) is 35.4. The zero-order chi connectivity index (χ0) is 93.3. The maximum atomic E-state index is 13.8. The average Bonchev–Trinajstić information content (AvgIpc) is 0.784. The number of nitriles is 2. The minimum absolute atomic E-state index is 0. The van der Waals surface area contributed by atoms with Gasteiger partial charge in [0, 0.05) is 148 Å². The fourth-order valence-electron chi connectivity index (χ4n) is 9.36. The molecule has 15 aromatic rings. The van der Waals surface area contributed by atoms with E-state index in [1.807, 2.05) is 6.92 Å². The standard InChI is InChI=1S/C13H7F2N2.C12H5F5N.C12H7F3N.C12H5F2N2.C11H5F3N.5C7H5O2.5Ir/c1-8-4-5-17-12(6-8)9-2-3-11(14)10(7-16)13(9)15;13-8-5-4-7(9-3-1-2-6-18-9)11(14)10(8)12(15,16)17;1-7-4-5-16-10(6-7)8-2-3-9(13)12(15)11(8)14;13-10-5-4-8(12(14)9(10)7-15)11-3-1-2-6-16-11;12-8-5-4-7(10(13)11(8)14)9-3-1-2-6-15-9;5*8-7(9)6-4-2-1-3-5-6;;;;;/h3-6H,1H3;1-3,5-6H;3-6H,1H3;1-3,5-6H;1-3,5-6H;5*1-4H,(H,8,9);;;;;/q10*-1;;;;;. The minimum Gasteiger partial charge on any atom is -0.521 e. The average molecular weight is 2700 g/mol. The molecule has 0 aliphatic carbocycles. The summed E-state index contributed by atoms with van der Waals surface area (Å²) in [6, 6.07) is 84.4. The second kappa shape index (κ2) is 59.6. The Balaban J connectivity index is 0.000000738. The maximum absolute atomic E-state index is 13.8. The first kappa shape index (κ1) is 116. The van der Waals surface area contributed by atoms with Crippen LogP contribution in [0.3, 0.4) is 0 Å². The zero-order valence-electron chi connectivity index (χ0n) is 66.6. The van der Waals surface area contributed by atoms with Crippen LogP contribution in [0.15, 0.2) is 262 Å². The third-order valence-corrected chi connectivity index (χ3v) is 15.3. The Bertz CT molecular complexity index is 6010. The van der Waals surface area contributed by atoms with Gasteiger partial charge in [-0.1, -0.05) is 115 Å². The fraction of sp³-hybridized carbons (Fsp3) is 0.0316. The summed E-state index contributed by atoms with van der Waals surface area (Å²) in [4.78, 5) is 70.1. The van der Waals surface area contributed by atoms with Crippen LogP contribution in [-0.2, 0) is 107 Å². The predicted octanol–water partition coefficient (Wildman–Crippen LogP) is 21.7. The first-order valence-electron chi connectivity index (χ1n) is 35.4. The second-order valence-corrected chi connectivity index (χ2v) is 24.1. The molecule has 689 valence electrons. The molecule has 0 fully saturated rings. The molecule has 0 aliphatic rings. The molecule has 0 amide bonds. The minimum atomic E-state index is -5.10. The molecule has 10 aromatic carbocycles. The Morgan fingerprint density at radius 3 is 0.750 bits per heavy atom. The SMILES string of the molecule is Cc1ccnc(-c2[c-]cc(F)c(C#N)c2F)c1.Cc1ccnc(-c2[c-]cc(F)c(F)c2F)c1.Fc1c[c-]c(-c2ccccn2)c(F)c1C(F)(F)F.Fc1c[c-]c(-c2ccccn2)c(F)c1F.N#Cc1c(F)c[c-]c(-c2ccccn2)c1F.O=C(O)c1[c-]cccc1.O=C(O)c1[c-]cccc1.O=C(O)c1[c-]cccc1.O=C(O)c1[c-]cccc1.O=C(O)c1[c-]cccc1.[Ir].[Ir].[Ir].[Ir].[Ir]. The zero-order valence-corrected chi connectivity index (χ0v) is 78.5. The van der Waals surface area contributed by atoms with Crippen molar-refractivity contribution < 1.29 is 216 Å². The molecule has 15 rings (SSSR count). The van der Waals surface area contributed by atoms with E-state index in [0.29, 0.717) is 17.5 Å². The van der Waals surface area contributed by atoms with Crippen molar-refractivity contribution in [2.75, 3.05) is 0 Å². The number of aromatic carboxylic acids is 5. The van der Waals surface area contributed by atoms with Crippen LogP contribution in [0.4, 0.5) is 65.9 Å². The van der Waals surface area contributed by atoms with Crippen molar-refractivity contribution in [2.24, 2.45) is 0 Å². The molecule has 0 saturated carbocycles. The van der Waals surface area contributed by atoms with Crippen LogP contribution < -0.4 is 0 Å². The topological polar surface area (TPSA) is 299 Å². The maximum Gasteiger partial charge on any atom is 0.405 e. The van der Waals surface area contributed by atoms with Crippen molar-refractivity contribution in [3.8, 4) is 68.4 Å². The van der Waals surface area contributed by atoms with Gasteiger partial charge in [-0.2, -0.15) is 23.7 Å². The molecule has 17 nitrogen and oxygen atoms in total. The quantitative estimate of drug-likeness (QED) is 0.0483. The van der Waals surface area contributed by atoms with E-state index in [1.54, 1.807) is 153 Å². The van der Waals surface area contributed by atoms with Gasteiger partial charge in [0.1, 0.15) is 11.6 Å². The van der Waals surface area contributed by atoms with E-state index < -0.39 is 128 Å². The van der Waals surface area contributed by atoms with E-state index in [9.17, 15) is 89.8 Å². The Labute approximate surface area is 810 Å². The largest absolute Gasteiger partial charge is 0.521 e. The molecule has 0 atom stereocenters. The monoisotopic (exact) mass is 2700 g/mol. The number of rotatable bonds is 10. The molecule has 132 heavy (non-hydrogen) atoms. The summed E-state index contributed by atoms with van der Waals surface area (Å²) in [7, 11) is 0. The van der Waals surface area contributed by atoms with E-state index in [0.717, 1.165) is 35.4 Å². The van der Waals surface area contributed by atoms with Gasteiger partial charge in [0.15, 0.2) is 0 Å². The summed E-state index contributed by atoms with van der Waals surface area (Å²) in [6.45, 7) is 3.63. The molecule has 0 spiro atoms. The second-order valence-electron chi connectivity index (χ2n) is 24.1. The van der Waals surface area contributed by atoms with Crippen molar-refractivity contribution in [3.63, 3.8) is 0 Å². The Kier molecular flexibility index (Phi) is 52.6. The Morgan fingerprint density at radius 1 is 0.288 bits per heavy atom. The van der Waals surface area contributed by atoms with Crippen LogP contribution in [0.1, 0.15) is 79.6 Å². The van der Waals surface area contributed by atoms with Crippen molar-refractivity contribution in [1.82, 2.24) is 24.9 Å². The fourth-order valence-corrected chi connectivity index (χ4v) is 9.36.